The van der Waals surface area contributed by atoms with Crippen molar-refractivity contribution in [2.45, 2.75) is 12.8 Å². The minimum atomic E-state index is -0.790. The first-order chi connectivity index (χ1) is 12.4. The van der Waals surface area contributed by atoms with Crippen LogP contribution in [0.5, 0.6) is 0 Å². The van der Waals surface area contributed by atoms with E-state index in [1.165, 1.54) is 11.0 Å². The summed E-state index contributed by atoms with van der Waals surface area (Å²) in [5, 5.41) is -0.0142. The van der Waals surface area contributed by atoms with Crippen molar-refractivity contribution in [2.24, 2.45) is 5.92 Å². The van der Waals surface area contributed by atoms with Gasteiger partial charge in [-0.2, -0.15) is 0 Å². The fourth-order valence-electron chi connectivity index (χ4n) is 3.12. The molecule has 0 aliphatic carbocycles. The summed E-state index contributed by atoms with van der Waals surface area (Å²) in [5.41, 5.74) is -0.179. The third-order valence-electron chi connectivity index (χ3n) is 4.43. The smallest absolute Gasteiger partial charge is 0.255 e. The first-order valence-electron chi connectivity index (χ1n) is 8.10. The Balaban J connectivity index is 1.79. The van der Waals surface area contributed by atoms with Gasteiger partial charge in [0.25, 0.3) is 5.91 Å². The number of benzene rings is 2. The highest BCUT2D eigenvalue weighted by Gasteiger charge is 2.31. The molecular formula is C19H15ClF3NO2. The minimum absolute atomic E-state index is 0.0142. The molecule has 0 aromatic heterocycles. The fraction of sp³-hybridized carbons (Fsp3) is 0.263. The SMILES string of the molecule is O=C(c1cc(F)ccc1F)C1CCCN(C(=O)c2ccc(F)cc2Cl)C1. The molecule has 0 radical (unpaired) electrons. The molecule has 136 valence electrons. The van der Waals surface area contributed by atoms with Crippen LogP contribution in [0.2, 0.25) is 5.02 Å². The molecule has 1 aliphatic heterocycles. The second-order valence-corrected chi connectivity index (χ2v) is 6.61. The summed E-state index contributed by atoms with van der Waals surface area (Å²) < 4.78 is 40.4. The van der Waals surface area contributed by atoms with Crippen LogP contribution in [0.3, 0.4) is 0 Å². The maximum Gasteiger partial charge on any atom is 0.255 e. The lowest BCUT2D eigenvalue weighted by atomic mass is 9.89. The zero-order valence-electron chi connectivity index (χ0n) is 13.6. The van der Waals surface area contributed by atoms with Crippen LogP contribution in [0.1, 0.15) is 33.6 Å². The summed E-state index contributed by atoms with van der Waals surface area (Å²) in [6, 6.07) is 6.19. The molecule has 3 rings (SSSR count). The van der Waals surface area contributed by atoms with Gasteiger partial charge >= 0.3 is 0 Å². The average Bonchev–Trinajstić information content (AvgIpc) is 2.63. The van der Waals surface area contributed by atoms with Gasteiger partial charge in [0.15, 0.2) is 5.78 Å². The number of ketones is 1. The van der Waals surface area contributed by atoms with Crippen molar-refractivity contribution in [3.63, 3.8) is 0 Å². The molecule has 1 heterocycles. The van der Waals surface area contributed by atoms with Crippen molar-refractivity contribution in [1.29, 1.82) is 0 Å². The molecule has 1 amide bonds. The molecule has 0 N–H and O–H groups in total. The lowest BCUT2D eigenvalue weighted by molar-refractivity contribution is 0.0636. The molecule has 1 fully saturated rings. The zero-order chi connectivity index (χ0) is 18.8. The summed E-state index contributed by atoms with van der Waals surface area (Å²) >= 11 is 5.93. The molecule has 26 heavy (non-hydrogen) atoms. The molecule has 1 saturated heterocycles. The van der Waals surface area contributed by atoms with Gasteiger partial charge in [-0.15, -0.1) is 0 Å². The van der Waals surface area contributed by atoms with E-state index in [2.05, 4.69) is 0 Å². The fourth-order valence-corrected chi connectivity index (χ4v) is 3.36. The highest BCUT2D eigenvalue weighted by molar-refractivity contribution is 6.33. The second kappa shape index (κ2) is 7.50. The molecule has 1 unspecified atom stereocenters. The monoisotopic (exact) mass is 381 g/mol. The van der Waals surface area contributed by atoms with Crippen molar-refractivity contribution in [3.8, 4) is 0 Å². The van der Waals surface area contributed by atoms with Crippen molar-refractivity contribution in [2.75, 3.05) is 13.1 Å². The van der Waals surface area contributed by atoms with E-state index in [9.17, 15) is 22.8 Å². The van der Waals surface area contributed by atoms with Gasteiger partial charge in [-0.25, -0.2) is 13.2 Å². The Hall–Kier alpha value is -2.34. The first kappa shape index (κ1) is 18.5. The van der Waals surface area contributed by atoms with Gasteiger partial charge in [0.2, 0.25) is 0 Å². The van der Waals surface area contributed by atoms with Crippen molar-refractivity contribution >= 4 is 23.3 Å². The van der Waals surface area contributed by atoms with Crippen LogP contribution in [-0.4, -0.2) is 29.7 Å². The topological polar surface area (TPSA) is 37.4 Å². The van der Waals surface area contributed by atoms with Gasteiger partial charge in [-0.3, -0.25) is 9.59 Å². The maximum absolute atomic E-state index is 13.9. The standard InChI is InChI=1S/C19H15ClF3NO2/c20-16-9-13(22)3-5-14(16)19(26)24-7-1-2-11(10-24)18(25)15-8-12(21)4-6-17(15)23/h3-6,8-9,11H,1-2,7,10H2. The van der Waals surface area contributed by atoms with Gasteiger partial charge in [0, 0.05) is 19.0 Å². The maximum atomic E-state index is 13.9. The molecule has 7 heteroatoms. The first-order valence-corrected chi connectivity index (χ1v) is 8.48. The third kappa shape index (κ3) is 3.75. The van der Waals surface area contributed by atoms with Gasteiger partial charge < -0.3 is 4.90 Å². The Morgan fingerprint density at radius 2 is 1.69 bits per heavy atom. The Bertz CT molecular complexity index is 872. The molecule has 1 aliphatic rings. The van der Waals surface area contributed by atoms with E-state index < -0.39 is 35.1 Å². The molecule has 1 atom stereocenters. The molecule has 0 spiro atoms. The summed E-state index contributed by atoms with van der Waals surface area (Å²) in [5.74, 6) is -3.64. The van der Waals surface area contributed by atoms with Gasteiger partial charge in [-0.1, -0.05) is 11.6 Å². The highest BCUT2D eigenvalue weighted by atomic mass is 35.5. The number of hydrogen-bond acceptors (Lipinski definition) is 2. The molecule has 2 aromatic rings. The predicted octanol–water partition coefficient (Wildman–Crippen LogP) is 4.49. The lowest BCUT2D eigenvalue weighted by Gasteiger charge is -2.32. The Morgan fingerprint density at radius 3 is 2.42 bits per heavy atom. The van der Waals surface area contributed by atoms with Crippen LogP contribution in [0.4, 0.5) is 13.2 Å². The number of carbonyl (C=O) groups is 2. The molecular weight excluding hydrogens is 367 g/mol. The number of rotatable bonds is 3. The van der Waals surface area contributed by atoms with Crippen molar-refractivity contribution < 1.29 is 22.8 Å². The van der Waals surface area contributed by atoms with Gasteiger partial charge in [0.05, 0.1) is 16.1 Å². The van der Waals surface area contributed by atoms with Crippen LogP contribution in [-0.2, 0) is 0 Å². The second-order valence-electron chi connectivity index (χ2n) is 6.20. The summed E-state index contributed by atoms with van der Waals surface area (Å²) in [4.78, 5) is 26.6. The number of carbonyl (C=O) groups excluding carboxylic acids is 2. The van der Waals surface area contributed by atoms with Gasteiger partial charge in [-0.05, 0) is 49.2 Å². The van der Waals surface area contributed by atoms with E-state index in [0.29, 0.717) is 19.4 Å². The van der Waals surface area contributed by atoms with Crippen molar-refractivity contribution in [1.82, 2.24) is 4.90 Å². The largest absolute Gasteiger partial charge is 0.338 e. The van der Waals surface area contributed by atoms with E-state index in [4.69, 9.17) is 11.6 Å². The van der Waals surface area contributed by atoms with E-state index in [-0.39, 0.29) is 22.7 Å². The summed E-state index contributed by atoms with van der Waals surface area (Å²) in [7, 11) is 0. The number of halogens is 4. The molecule has 0 bridgehead atoms. The zero-order valence-corrected chi connectivity index (χ0v) is 14.4. The number of nitrogens with zero attached hydrogens (tertiary/aromatic N) is 1. The molecule has 3 nitrogen and oxygen atoms in total. The summed E-state index contributed by atoms with van der Waals surface area (Å²) in [6.07, 6.45) is 1.01. The highest BCUT2D eigenvalue weighted by Crippen LogP contribution is 2.26. The number of amides is 1. The Morgan fingerprint density at radius 1 is 1.00 bits per heavy atom. The van der Waals surface area contributed by atoms with Crippen molar-refractivity contribution in [3.05, 3.63) is 70.0 Å². The normalized spacial score (nSPS) is 17.2. The number of hydrogen-bond donors (Lipinski definition) is 0. The van der Waals surface area contributed by atoms with Crippen LogP contribution in [0.15, 0.2) is 36.4 Å². The van der Waals surface area contributed by atoms with Crippen LogP contribution < -0.4 is 0 Å². The molecule has 2 aromatic carbocycles. The van der Waals surface area contributed by atoms with E-state index in [1.807, 2.05) is 0 Å². The van der Waals surface area contributed by atoms with Crippen LogP contribution in [0, 0.1) is 23.4 Å². The van der Waals surface area contributed by atoms with Gasteiger partial charge in [0.1, 0.15) is 17.5 Å². The minimum Gasteiger partial charge on any atom is -0.338 e. The number of likely N-dealkylation sites (tertiary alicyclic amines) is 1. The molecule has 0 saturated carbocycles. The quantitative estimate of drug-likeness (QED) is 0.734. The number of Topliss-reactive ketones (excluding diaryl/α,β-unsaturated/α-hetero) is 1. The predicted molar refractivity (Wildman–Crippen MR) is 90.7 cm³/mol. The van der Waals surface area contributed by atoms with E-state index >= 15 is 0 Å². The third-order valence-corrected chi connectivity index (χ3v) is 4.75. The number of piperidine rings is 1. The lowest BCUT2D eigenvalue weighted by Crippen LogP contribution is -2.42. The van der Waals surface area contributed by atoms with Crippen LogP contribution >= 0.6 is 11.6 Å². The van der Waals surface area contributed by atoms with E-state index in [1.54, 1.807) is 0 Å². The Labute approximate surface area is 153 Å². The van der Waals surface area contributed by atoms with Crippen LogP contribution in [0.25, 0.3) is 0 Å². The average molecular weight is 382 g/mol. The summed E-state index contributed by atoms with van der Waals surface area (Å²) in [6.45, 7) is 0.475. The van der Waals surface area contributed by atoms with E-state index in [0.717, 1.165) is 30.3 Å². The Kier molecular flexibility index (Phi) is 5.32.